The number of aromatic nitrogens is 4. The number of hydrogen-bond donors (Lipinski definition) is 2. The lowest BCUT2D eigenvalue weighted by Gasteiger charge is -2.25. The van der Waals surface area contributed by atoms with Crippen LogP contribution in [0, 0.1) is 13.8 Å². The van der Waals surface area contributed by atoms with E-state index in [4.69, 9.17) is 0 Å². The smallest absolute Gasteiger partial charge is 0.318 e. The van der Waals surface area contributed by atoms with Crippen molar-refractivity contribution in [2.24, 2.45) is 0 Å². The van der Waals surface area contributed by atoms with Gasteiger partial charge in [-0.05, 0) is 31.9 Å². The second-order valence-electron chi connectivity index (χ2n) is 7.16. The molecule has 1 aliphatic rings. The molecular formula is C20H21N7O3S. The van der Waals surface area contributed by atoms with Crippen molar-refractivity contribution < 1.29 is 14.4 Å². The molecule has 0 spiro atoms. The minimum absolute atomic E-state index is 0.0730. The average molecular weight is 440 g/mol. The number of rotatable bonds is 6. The second kappa shape index (κ2) is 7.99. The molecule has 3 aromatic rings. The summed E-state index contributed by atoms with van der Waals surface area (Å²) in [5.41, 5.74) is 3.55. The Morgan fingerprint density at radius 3 is 2.65 bits per heavy atom. The Balaban J connectivity index is 1.44. The zero-order valence-electron chi connectivity index (χ0n) is 17.2. The maximum atomic E-state index is 13.1. The summed E-state index contributed by atoms with van der Waals surface area (Å²) >= 11 is 1.09. The first-order chi connectivity index (χ1) is 14.8. The number of nitrogens with zero attached hydrogens (tertiary/aromatic N) is 5. The van der Waals surface area contributed by atoms with Crippen LogP contribution in [0.25, 0.3) is 5.78 Å². The summed E-state index contributed by atoms with van der Waals surface area (Å²) in [6.07, 6.45) is 0.347. The molecule has 0 saturated carbocycles. The zero-order chi connectivity index (χ0) is 22.2. The highest BCUT2D eigenvalue weighted by molar-refractivity contribution is 7.99. The van der Waals surface area contributed by atoms with Crippen molar-refractivity contribution in [2.75, 3.05) is 5.75 Å². The van der Waals surface area contributed by atoms with E-state index in [-0.39, 0.29) is 5.75 Å². The molecule has 2 aromatic heterocycles. The molecule has 31 heavy (non-hydrogen) atoms. The van der Waals surface area contributed by atoms with Gasteiger partial charge >= 0.3 is 6.03 Å². The zero-order valence-corrected chi connectivity index (χ0v) is 18.1. The van der Waals surface area contributed by atoms with Crippen LogP contribution in [-0.2, 0) is 15.1 Å². The van der Waals surface area contributed by atoms with Gasteiger partial charge in [-0.2, -0.15) is 9.99 Å². The number of carbonyl (C=O) groups excluding carboxylic acids is 3. The molecule has 1 aromatic carbocycles. The van der Waals surface area contributed by atoms with Crippen molar-refractivity contribution in [2.45, 2.75) is 37.9 Å². The minimum atomic E-state index is -1.21. The molecule has 1 unspecified atom stereocenters. The van der Waals surface area contributed by atoms with Gasteiger partial charge in [0.2, 0.25) is 11.1 Å². The molecule has 1 atom stereocenters. The highest BCUT2D eigenvalue weighted by Gasteiger charge is 2.52. The summed E-state index contributed by atoms with van der Waals surface area (Å²) in [5, 5.41) is 8.17. The minimum Gasteiger partial charge on any atom is -0.318 e. The van der Waals surface area contributed by atoms with Gasteiger partial charge in [0.25, 0.3) is 11.7 Å². The monoisotopic (exact) mass is 439 g/mol. The molecule has 1 saturated heterocycles. The Morgan fingerprint density at radius 1 is 1.19 bits per heavy atom. The van der Waals surface area contributed by atoms with Gasteiger partial charge < -0.3 is 5.32 Å². The molecule has 1 fully saturated rings. The molecule has 3 heterocycles. The standard InChI is InChI=1S/C20H21N7O3S/c1-4-20(14-8-6-5-7-9-14)16(29)27(19(30)23-20)24-15(28)11-31-18-22-17-21-12(2)10-13(3)26(17)25-18/h5-10H,4,11H2,1-3H3,(H,23,30)(H,24,28). The summed E-state index contributed by atoms with van der Waals surface area (Å²) in [6, 6.07) is 10.2. The number of urea groups is 1. The van der Waals surface area contributed by atoms with Crippen LogP contribution >= 0.6 is 11.8 Å². The van der Waals surface area contributed by atoms with E-state index in [1.54, 1.807) is 35.7 Å². The lowest BCUT2D eigenvalue weighted by molar-refractivity contribution is -0.138. The van der Waals surface area contributed by atoms with Gasteiger partial charge in [-0.1, -0.05) is 49.0 Å². The van der Waals surface area contributed by atoms with Crippen LogP contribution < -0.4 is 10.7 Å². The Bertz CT molecular complexity index is 1180. The van der Waals surface area contributed by atoms with Gasteiger partial charge in [-0.15, -0.1) is 5.10 Å². The van der Waals surface area contributed by atoms with Crippen LogP contribution in [0.3, 0.4) is 0 Å². The number of thioether (sulfide) groups is 1. The van der Waals surface area contributed by atoms with Gasteiger partial charge in [0.15, 0.2) is 0 Å². The Labute approximate surface area is 182 Å². The lowest BCUT2D eigenvalue weighted by atomic mass is 9.87. The molecule has 4 rings (SSSR count). The fourth-order valence-corrected chi connectivity index (χ4v) is 4.15. The third-order valence-corrected chi connectivity index (χ3v) is 5.89. The summed E-state index contributed by atoms with van der Waals surface area (Å²) < 4.78 is 1.60. The normalized spacial score (nSPS) is 18.5. The SMILES string of the molecule is CCC1(c2ccccc2)NC(=O)N(NC(=O)CSc2nc3nc(C)cc(C)n3n2)C1=O. The van der Waals surface area contributed by atoms with Crippen LogP contribution in [-0.4, -0.2) is 48.2 Å². The van der Waals surface area contributed by atoms with E-state index in [2.05, 4.69) is 25.8 Å². The van der Waals surface area contributed by atoms with Crippen LogP contribution in [0.15, 0.2) is 41.6 Å². The summed E-state index contributed by atoms with van der Waals surface area (Å²) in [7, 11) is 0. The number of benzene rings is 1. The number of nitrogens with one attached hydrogen (secondary N) is 2. The van der Waals surface area contributed by atoms with Crippen molar-refractivity contribution in [3.8, 4) is 0 Å². The molecule has 1 aliphatic heterocycles. The van der Waals surface area contributed by atoms with Gasteiger partial charge in [-0.3, -0.25) is 15.0 Å². The first kappa shape index (κ1) is 20.8. The Hall–Kier alpha value is -3.47. The number of hydrazine groups is 1. The number of hydrogen-bond acceptors (Lipinski definition) is 7. The van der Waals surface area contributed by atoms with Gasteiger partial charge in [0.05, 0.1) is 5.75 Å². The highest BCUT2D eigenvalue weighted by atomic mass is 32.2. The second-order valence-corrected chi connectivity index (χ2v) is 8.11. The third-order valence-electron chi connectivity index (χ3n) is 5.06. The topological polar surface area (TPSA) is 122 Å². The van der Waals surface area contributed by atoms with Gasteiger partial charge in [0, 0.05) is 11.4 Å². The van der Waals surface area contributed by atoms with Crippen molar-refractivity contribution in [3.05, 3.63) is 53.3 Å². The van der Waals surface area contributed by atoms with Crippen LogP contribution in [0.1, 0.15) is 30.3 Å². The van der Waals surface area contributed by atoms with E-state index in [1.807, 2.05) is 26.0 Å². The molecule has 10 nitrogen and oxygen atoms in total. The van der Waals surface area contributed by atoms with Crippen LogP contribution in [0.5, 0.6) is 0 Å². The van der Waals surface area contributed by atoms with E-state index in [0.717, 1.165) is 28.2 Å². The molecule has 0 bridgehead atoms. The highest BCUT2D eigenvalue weighted by Crippen LogP contribution is 2.31. The molecule has 4 amide bonds. The molecule has 0 aliphatic carbocycles. The van der Waals surface area contributed by atoms with Crippen LogP contribution in [0.2, 0.25) is 0 Å². The van der Waals surface area contributed by atoms with E-state index >= 15 is 0 Å². The fraction of sp³-hybridized carbons (Fsp3) is 0.300. The van der Waals surface area contributed by atoms with Crippen molar-refractivity contribution in [1.29, 1.82) is 0 Å². The molecule has 160 valence electrons. The van der Waals surface area contributed by atoms with Gasteiger partial charge in [0.1, 0.15) is 5.54 Å². The number of imide groups is 1. The first-order valence-corrected chi connectivity index (χ1v) is 10.7. The average Bonchev–Trinajstić information content (AvgIpc) is 3.27. The first-order valence-electron chi connectivity index (χ1n) is 9.69. The molecule has 2 N–H and O–H groups in total. The van der Waals surface area contributed by atoms with Crippen molar-refractivity contribution in [1.82, 2.24) is 35.3 Å². The van der Waals surface area contributed by atoms with Gasteiger partial charge in [-0.25, -0.2) is 14.3 Å². The quantitative estimate of drug-likeness (QED) is 0.443. The predicted molar refractivity (Wildman–Crippen MR) is 113 cm³/mol. The molecule has 0 radical (unpaired) electrons. The maximum absolute atomic E-state index is 13.1. The largest absolute Gasteiger partial charge is 0.344 e. The molecule has 11 heteroatoms. The van der Waals surface area contributed by atoms with Crippen molar-refractivity contribution >= 4 is 35.4 Å². The number of carbonyl (C=O) groups is 3. The third kappa shape index (κ3) is 3.72. The lowest BCUT2D eigenvalue weighted by Crippen LogP contribution is -2.49. The van der Waals surface area contributed by atoms with E-state index in [9.17, 15) is 14.4 Å². The summed E-state index contributed by atoms with van der Waals surface area (Å²) in [4.78, 5) is 46.6. The number of fused-ring (bicyclic) bond motifs is 1. The Kier molecular flexibility index (Phi) is 5.36. The Morgan fingerprint density at radius 2 is 1.94 bits per heavy atom. The molecular weight excluding hydrogens is 418 g/mol. The van der Waals surface area contributed by atoms with Crippen molar-refractivity contribution in [3.63, 3.8) is 0 Å². The van der Waals surface area contributed by atoms with E-state index in [0.29, 0.717) is 22.9 Å². The summed E-state index contributed by atoms with van der Waals surface area (Å²) in [6.45, 7) is 5.56. The van der Waals surface area contributed by atoms with E-state index < -0.39 is 23.4 Å². The van der Waals surface area contributed by atoms with E-state index in [1.165, 1.54) is 0 Å². The summed E-state index contributed by atoms with van der Waals surface area (Å²) in [5.74, 6) is -0.667. The predicted octanol–water partition coefficient (Wildman–Crippen LogP) is 1.72. The maximum Gasteiger partial charge on any atom is 0.344 e. The van der Waals surface area contributed by atoms with Crippen LogP contribution in [0.4, 0.5) is 4.79 Å². The number of amides is 4. The fourth-order valence-electron chi connectivity index (χ4n) is 3.53. The number of aryl methyl sites for hydroxylation is 2.